The van der Waals surface area contributed by atoms with Crippen LogP contribution in [0.3, 0.4) is 0 Å². The number of rotatable bonds is 5. The quantitative estimate of drug-likeness (QED) is 0.393. The number of carbonyl (C=O) groups is 1. The molecule has 2 aromatic carbocycles. The highest BCUT2D eigenvalue weighted by molar-refractivity contribution is 5.90. The van der Waals surface area contributed by atoms with Gasteiger partial charge in [0.2, 0.25) is 5.82 Å². The third-order valence-electron chi connectivity index (χ3n) is 6.90. The van der Waals surface area contributed by atoms with Crippen LogP contribution >= 0.6 is 0 Å². The normalized spacial score (nSPS) is 16.0. The van der Waals surface area contributed by atoms with E-state index in [1.807, 2.05) is 60.0 Å². The lowest BCUT2D eigenvalue weighted by Gasteiger charge is -2.19. The van der Waals surface area contributed by atoms with E-state index >= 15 is 0 Å². The standard InChI is InChI=1S/C26H24N8O2/c1-15-27-23-22(20-8-4-5-9-21(20)35)28-31-26(36)24(23)34(15)14-16-10-12-17(13-11-16)18-6-2-3-7-19(18)25-29-32-33-30-25/h2-3,6-7,10-13,20H,4-5,8-9,14H2,1H3,(H,31,36)(H,29,30,32,33). The highest BCUT2D eigenvalue weighted by Crippen LogP contribution is 2.33. The fourth-order valence-electron chi connectivity index (χ4n) is 5.08. The maximum Gasteiger partial charge on any atom is 0.290 e. The zero-order valence-electron chi connectivity index (χ0n) is 19.7. The van der Waals surface area contributed by atoms with E-state index in [9.17, 15) is 9.59 Å². The molecule has 36 heavy (non-hydrogen) atoms. The van der Waals surface area contributed by atoms with Gasteiger partial charge in [0.15, 0.2) is 0 Å². The number of imidazole rings is 1. The number of aromatic nitrogens is 8. The van der Waals surface area contributed by atoms with E-state index in [1.54, 1.807) is 0 Å². The number of tetrazole rings is 1. The van der Waals surface area contributed by atoms with E-state index in [-0.39, 0.29) is 17.3 Å². The zero-order valence-corrected chi connectivity index (χ0v) is 19.7. The van der Waals surface area contributed by atoms with Crippen molar-refractivity contribution in [1.82, 2.24) is 40.4 Å². The minimum Gasteiger partial charge on any atom is -0.319 e. The minimum atomic E-state index is -0.306. The Morgan fingerprint density at radius 3 is 2.56 bits per heavy atom. The number of Topliss-reactive ketones (excluding diaryl/α,β-unsaturated/α-hetero) is 1. The van der Waals surface area contributed by atoms with Gasteiger partial charge in [-0.05, 0) is 41.7 Å². The Labute approximate surface area is 205 Å². The summed E-state index contributed by atoms with van der Waals surface area (Å²) < 4.78 is 1.90. The second-order valence-corrected chi connectivity index (χ2v) is 9.12. The number of fused-ring (bicyclic) bond motifs is 1. The summed E-state index contributed by atoms with van der Waals surface area (Å²) >= 11 is 0. The fourth-order valence-corrected chi connectivity index (χ4v) is 5.08. The number of aryl methyl sites for hydroxylation is 1. The number of H-pyrrole nitrogens is 2. The van der Waals surface area contributed by atoms with Crippen LogP contribution in [-0.4, -0.2) is 46.2 Å². The highest BCUT2D eigenvalue weighted by Gasteiger charge is 2.29. The molecule has 1 aliphatic carbocycles. The molecule has 10 nitrogen and oxygen atoms in total. The predicted octanol–water partition coefficient (Wildman–Crippen LogP) is 3.55. The predicted molar refractivity (Wildman–Crippen MR) is 133 cm³/mol. The Kier molecular flexibility index (Phi) is 5.48. The molecule has 3 aromatic heterocycles. The molecule has 0 aliphatic heterocycles. The second-order valence-electron chi connectivity index (χ2n) is 9.12. The van der Waals surface area contributed by atoms with Crippen molar-refractivity contribution in [2.24, 2.45) is 0 Å². The molecule has 1 unspecified atom stereocenters. The number of nitrogens with one attached hydrogen (secondary N) is 2. The molecule has 5 aromatic rings. The van der Waals surface area contributed by atoms with Gasteiger partial charge in [-0.25, -0.2) is 10.1 Å². The largest absolute Gasteiger partial charge is 0.319 e. The summed E-state index contributed by atoms with van der Waals surface area (Å²) in [6.45, 7) is 2.35. The van der Waals surface area contributed by atoms with Gasteiger partial charge in [-0.15, -0.1) is 10.2 Å². The number of hydrogen-bond donors (Lipinski definition) is 2. The summed E-state index contributed by atoms with van der Waals surface area (Å²) in [5, 5.41) is 21.3. The molecule has 1 saturated carbocycles. The Hall–Kier alpha value is -4.47. The van der Waals surface area contributed by atoms with Crippen LogP contribution in [0.1, 0.15) is 48.7 Å². The van der Waals surface area contributed by atoms with E-state index in [4.69, 9.17) is 4.98 Å². The molecule has 180 valence electrons. The third kappa shape index (κ3) is 3.80. The summed E-state index contributed by atoms with van der Waals surface area (Å²) in [7, 11) is 0. The Morgan fingerprint density at radius 2 is 1.81 bits per heavy atom. The third-order valence-corrected chi connectivity index (χ3v) is 6.90. The Morgan fingerprint density at radius 1 is 1.00 bits per heavy atom. The number of benzene rings is 2. The molecule has 1 atom stereocenters. The topological polar surface area (TPSA) is 135 Å². The van der Waals surface area contributed by atoms with Crippen molar-refractivity contribution in [3.05, 3.63) is 76.0 Å². The second kappa shape index (κ2) is 8.95. The van der Waals surface area contributed by atoms with E-state index in [0.717, 1.165) is 41.5 Å². The minimum absolute atomic E-state index is 0.172. The molecule has 10 heteroatoms. The molecule has 0 bridgehead atoms. The molecule has 0 amide bonds. The van der Waals surface area contributed by atoms with Crippen molar-refractivity contribution < 1.29 is 4.79 Å². The Balaban J connectivity index is 1.35. The van der Waals surface area contributed by atoms with Crippen LogP contribution in [-0.2, 0) is 11.3 Å². The lowest BCUT2D eigenvalue weighted by molar-refractivity contribution is -0.121. The number of hydrogen-bond acceptors (Lipinski definition) is 7. The van der Waals surface area contributed by atoms with Crippen LogP contribution in [0.5, 0.6) is 0 Å². The molecule has 0 spiro atoms. The summed E-state index contributed by atoms with van der Waals surface area (Å²) in [5.41, 5.74) is 5.20. The maximum absolute atomic E-state index is 12.8. The fraction of sp³-hybridized carbons (Fsp3) is 0.269. The first-order chi connectivity index (χ1) is 17.6. The number of carbonyl (C=O) groups excluding carboxylic acids is 1. The number of aromatic amines is 2. The summed E-state index contributed by atoms with van der Waals surface area (Å²) in [6.07, 6.45) is 3.17. The van der Waals surface area contributed by atoms with Gasteiger partial charge in [-0.2, -0.15) is 10.3 Å². The van der Waals surface area contributed by atoms with Crippen molar-refractivity contribution in [1.29, 1.82) is 0 Å². The van der Waals surface area contributed by atoms with E-state index in [1.165, 1.54) is 0 Å². The van der Waals surface area contributed by atoms with Crippen molar-refractivity contribution in [2.75, 3.05) is 0 Å². The lowest BCUT2D eigenvalue weighted by atomic mass is 9.85. The zero-order chi connectivity index (χ0) is 24.6. The summed E-state index contributed by atoms with van der Waals surface area (Å²) in [4.78, 5) is 30.1. The summed E-state index contributed by atoms with van der Waals surface area (Å²) in [6, 6.07) is 16.1. The van der Waals surface area contributed by atoms with Crippen LogP contribution in [0.15, 0.2) is 53.3 Å². The van der Waals surface area contributed by atoms with Crippen molar-refractivity contribution in [2.45, 2.75) is 45.1 Å². The van der Waals surface area contributed by atoms with E-state index < -0.39 is 0 Å². The SMILES string of the molecule is Cc1nc2c(C3CCCCC3=O)n[nH]c(=O)c2n1Cc1ccc(-c2ccccc2-c2nn[nH]n2)cc1. The molecule has 2 N–H and O–H groups in total. The molecular formula is C26H24N8O2. The highest BCUT2D eigenvalue weighted by atomic mass is 16.1. The molecule has 3 heterocycles. The van der Waals surface area contributed by atoms with Crippen LogP contribution < -0.4 is 5.56 Å². The van der Waals surface area contributed by atoms with Gasteiger partial charge in [-0.1, -0.05) is 55.0 Å². The van der Waals surface area contributed by atoms with Gasteiger partial charge in [0.1, 0.15) is 22.6 Å². The first-order valence-corrected chi connectivity index (χ1v) is 12.0. The summed E-state index contributed by atoms with van der Waals surface area (Å²) in [5.74, 6) is 1.11. The van der Waals surface area contributed by atoms with Crippen LogP contribution in [0.2, 0.25) is 0 Å². The molecule has 6 rings (SSSR count). The monoisotopic (exact) mass is 480 g/mol. The van der Waals surface area contributed by atoms with Gasteiger partial charge in [-0.3, -0.25) is 9.59 Å². The van der Waals surface area contributed by atoms with Gasteiger partial charge < -0.3 is 4.57 Å². The van der Waals surface area contributed by atoms with Gasteiger partial charge >= 0.3 is 0 Å². The van der Waals surface area contributed by atoms with Crippen LogP contribution in [0.25, 0.3) is 33.5 Å². The number of ketones is 1. The van der Waals surface area contributed by atoms with E-state index in [2.05, 4.69) is 30.8 Å². The smallest absolute Gasteiger partial charge is 0.290 e. The number of nitrogens with zero attached hydrogens (tertiary/aromatic N) is 6. The average molecular weight is 481 g/mol. The van der Waals surface area contributed by atoms with E-state index in [0.29, 0.717) is 41.3 Å². The van der Waals surface area contributed by atoms with Crippen LogP contribution in [0, 0.1) is 6.92 Å². The van der Waals surface area contributed by atoms with Crippen molar-refractivity contribution >= 4 is 16.8 Å². The maximum atomic E-state index is 12.8. The molecule has 0 saturated heterocycles. The Bertz CT molecular complexity index is 1620. The molecule has 1 aliphatic rings. The molecule has 0 radical (unpaired) electrons. The molecular weight excluding hydrogens is 456 g/mol. The van der Waals surface area contributed by atoms with Crippen molar-refractivity contribution in [3.8, 4) is 22.5 Å². The van der Waals surface area contributed by atoms with Crippen molar-refractivity contribution in [3.63, 3.8) is 0 Å². The average Bonchev–Trinajstić information content (AvgIpc) is 3.55. The molecule has 1 fully saturated rings. The first kappa shape index (κ1) is 22.0. The lowest BCUT2D eigenvalue weighted by Crippen LogP contribution is -2.22. The van der Waals surface area contributed by atoms with Gasteiger partial charge in [0.05, 0.1) is 11.6 Å². The van der Waals surface area contributed by atoms with Gasteiger partial charge in [0.25, 0.3) is 5.56 Å². The van der Waals surface area contributed by atoms with Gasteiger partial charge in [0, 0.05) is 18.5 Å². The van der Waals surface area contributed by atoms with Crippen LogP contribution in [0.4, 0.5) is 0 Å². The first-order valence-electron chi connectivity index (χ1n) is 12.0.